The molecule has 0 atom stereocenters. The highest BCUT2D eigenvalue weighted by Gasteiger charge is 2.07. The maximum Gasteiger partial charge on any atom is 0.0964 e. The highest BCUT2D eigenvalue weighted by Crippen LogP contribution is 2.36. The molecule has 14 heavy (non-hydrogen) atoms. The summed E-state index contributed by atoms with van der Waals surface area (Å²) in [5, 5.41) is 0. The van der Waals surface area contributed by atoms with Gasteiger partial charge in [0, 0.05) is 16.1 Å². The van der Waals surface area contributed by atoms with Crippen molar-refractivity contribution in [1.29, 1.82) is 0 Å². The van der Waals surface area contributed by atoms with Gasteiger partial charge in [-0.1, -0.05) is 29.8 Å². The topological polar surface area (TPSA) is 26.0 Å². The van der Waals surface area contributed by atoms with E-state index < -0.39 is 0 Å². The van der Waals surface area contributed by atoms with Crippen molar-refractivity contribution >= 4 is 28.6 Å². The van der Waals surface area contributed by atoms with E-state index >= 15 is 0 Å². The van der Waals surface area contributed by atoms with E-state index in [9.17, 15) is 0 Å². The van der Waals surface area contributed by atoms with E-state index in [-0.39, 0.29) is 0 Å². The SMILES string of the molecule is Cc1cc(-c2ccccc2N)sc1Cl. The van der Waals surface area contributed by atoms with E-state index in [0.29, 0.717) is 0 Å². The number of nitrogens with two attached hydrogens (primary N) is 1. The number of hydrogen-bond donors (Lipinski definition) is 1. The molecular formula is C11H10ClNS. The van der Waals surface area contributed by atoms with Gasteiger partial charge in [0.1, 0.15) is 0 Å². The molecule has 0 spiro atoms. The quantitative estimate of drug-likeness (QED) is 0.728. The summed E-state index contributed by atoms with van der Waals surface area (Å²) in [5.41, 5.74) is 8.84. The van der Waals surface area contributed by atoms with E-state index in [1.807, 2.05) is 31.2 Å². The molecule has 0 radical (unpaired) electrons. The second kappa shape index (κ2) is 3.64. The van der Waals surface area contributed by atoms with Crippen LogP contribution in [0.2, 0.25) is 4.34 Å². The minimum absolute atomic E-state index is 0.797. The standard InChI is InChI=1S/C11H10ClNS/c1-7-6-10(14-11(7)12)8-4-2-3-5-9(8)13/h2-6H,13H2,1H3. The van der Waals surface area contributed by atoms with Gasteiger partial charge in [0.05, 0.1) is 4.34 Å². The Morgan fingerprint density at radius 2 is 2.00 bits per heavy atom. The monoisotopic (exact) mass is 223 g/mol. The third kappa shape index (κ3) is 1.63. The number of para-hydroxylation sites is 1. The van der Waals surface area contributed by atoms with Crippen molar-refractivity contribution in [3.05, 3.63) is 40.2 Å². The van der Waals surface area contributed by atoms with Gasteiger partial charge in [-0.25, -0.2) is 0 Å². The molecule has 0 aliphatic rings. The van der Waals surface area contributed by atoms with Crippen molar-refractivity contribution in [2.24, 2.45) is 0 Å². The van der Waals surface area contributed by atoms with Gasteiger partial charge >= 0.3 is 0 Å². The van der Waals surface area contributed by atoms with E-state index in [0.717, 1.165) is 26.0 Å². The number of aryl methyl sites for hydroxylation is 1. The molecule has 0 unspecified atom stereocenters. The summed E-state index contributed by atoms with van der Waals surface area (Å²) in [5.74, 6) is 0. The van der Waals surface area contributed by atoms with Gasteiger partial charge in [-0.05, 0) is 24.6 Å². The Hall–Kier alpha value is -0.990. The third-order valence-electron chi connectivity index (χ3n) is 2.08. The summed E-state index contributed by atoms with van der Waals surface area (Å²) >= 11 is 7.58. The van der Waals surface area contributed by atoms with Gasteiger partial charge in [-0.2, -0.15) is 0 Å². The highest BCUT2D eigenvalue weighted by molar-refractivity contribution is 7.19. The molecule has 1 nitrogen and oxygen atoms in total. The number of halogens is 1. The van der Waals surface area contributed by atoms with Crippen LogP contribution in [0.4, 0.5) is 5.69 Å². The molecule has 0 aliphatic heterocycles. The molecule has 2 rings (SSSR count). The van der Waals surface area contributed by atoms with Crippen LogP contribution in [0.1, 0.15) is 5.56 Å². The smallest absolute Gasteiger partial charge is 0.0964 e. The fourth-order valence-corrected chi connectivity index (χ4v) is 2.56. The lowest BCUT2D eigenvalue weighted by molar-refractivity contribution is 1.55. The summed E-state index contributed by atoms with van der Waals surface area (Å²) in [7, 11) is 0. The Morgan fingerprint density at radius 3 is 2.57 bits per heavy atom. The summed E-state index contributed by atoms with van der Waals surface area (Å²) in [6, 6.07) is 9.89. The minimum atomic E-state index is 0.797. The molecule has 0 saturated carbocycles. The Bertz CT molecular complexity index is 443. The molecule has 72 valence electrons. The molecule has 1 aromatic carbocycles. The molecule has 0 fully saturated rings. The van der Waals surface area contributed by atoms with Gasteiger partial charge in [0.25, 0.3) is 0 Å². The van der Waals surface area contributed by atoms with Crippen molar-refractivity contribution in [3.8, 4) is 10.4 Å². The van der Waals surface area contributed by atoms with Crippen LogP contribution in [-0.4, -0.2) is 0 Å². The van der Waals surface area contributed by atoms with Crippen molar-refractivity contribution in [2.45, 2.75) is 6.92 Å². The zero-order valence-corrected chi connectivity index (χ0v) is 9.32. The molecule has 2 aromatic rings. The average Bonchev–Trinajstić information content (AvgIpc) is 2.48. The Morgan fingerprint density at radius 1 is 1.29 bits per heavy atom. The van der Waals surface area contributed by atoms with E-state index in [1.165, 1.54) is 0 Å². The first-order valence-corrected chi connectivity index (χ1v) is 5.49. The van der Waals surface area contributed by atoms with Gasteiger partial charge in [0.15, 0.2) is 0 Å². The molecule has 3 heteroatoms. The van der Waals surface area contributed by atoms with Crippen LogP contribution >= 0.6 is 22.9 Å². The van der Waals surface area contributed by atoms with Crippen LogP contribution in [0.15, 0.2) is 30.3 Å². The first-order chi connectivity index (χ1) is 6.68. The number of benzene rings is 1. The molecule has 0 amide bonds. The second-order valence-corrected chi connectivity index (χ2v) is 4.81. The number of anilines is 1. The number of thiophene rings is 1. The van der Waals surface area contributed by atoms with Crippen LogP contribution in [0.5, 0.6) is 0 Å². The van der Waals surface area contributed by atoms with Gasteiger partial charge in [0.2, 0.25) is 0 Å². The zero-order valence-electron chi connectivity index (χ0n) is 7.75. The molecule has 0 aliphatic carbocycles. The van der Waals surface area contributed by atoms with Crippen molar-refractivity contribution in [1.82, 2.24) is 0 Å². The van der Waals surface area contributed by atoms with E-state index in [4.69, 9.17) is 17.3 Å². The molecular weight excluding hydrogens is 214 g/mol. The highest BCUT2D eigenvalue weighted by atomic mass is 35.5. The van der Waals surface area contributed by atoms with Gasteiger partial charge in [-0.15, -0.1) is 11.3 Å². The first kappa shape index (κ1) is 9.56. The maximum absolute atomic E-state index is 6.01. The van der Waals surface area contributed by atoms with Gasteiger partial charge < -0.3 is 5.73 Å². The molecule has 1 heterocycles. The van der Waals surface area contributed by atoms with Crippen LogP contribution in [0.3, 0.4) is 0 Å². The normalized spacial score (nSPS) is 10.4. The van der Waals surface area contributed by atoms with Crippen LogP contribution in [-0.2, 0) is 0 Å². The first-order valence-electron chi connectivity index (χ1n) is 4.29. The summed E-state index contributed by atoms with van der Waals surface area (Å²) in [6.07, 6.45) is 0. The summed E-state index contributed by atoms with van der Waals surface area (Å²) in [6.45, 7) is 2.00. The van der Waals surface area contributed by atoms with Crippen LogP contribution in [0, 0.1) is 6.92 Å². The lowest BCUT2D eigenvalue weighted by atomic mass is 10.1. The van der Waals surface area contributed by atoms with E-state index in [1.54, 1.807) is 11.3 Å². The molecule has 2 N–H and O–H groups in total. The zero-order chi connectivity index (χ0) is 10.1. The summed E-state index contributed by atoms with van der Waals surface area (Å²) in [4.78, 5) is 1.13. The number of nitrogen functional groups attached to an aromatic ring is 1. The lowest BCUT2D eigenvalue weighted by Gasteiger charge is -2.00. The summed E-state index contributed by atoms with van der Waals surface area (Å²) < 4.78 is 0.836. The van der Waals surface area contributed by atoms with Crippen molar-refractivity contribution < 1.29 is 0 Å². The average molecular weight is 224 g/mol. The third-order valence-corrected chi connectivity index (χ3v) is 3.67. The largest absolute Gasteiger partial charge is 0.398 e. The fourth-order valence-electron chi connectivity index (χ4n) is 1.31. The number of hydrogen-bond acceptors (Lipinski definition) is 2. The Kier molecular flexibility index (Phi) is 2.48. The molecule has 1 aromatic heterocycles. The predicted molar refractivity (Wildman–Crippen MR) is 63.9 cm³/mol. The fraction of sp³-hybridized carbons (Fsp3) is 0.0909. The Balaban J connectivity index is 2.55. The molecule has 0 bridgehead atoms. The second-order valence-electron chi connectivity index (χ2n) is 3.15. The van der Waals surface area contributed by atoms with Gasteiger partial charge in [-0.3, -0.25) is 0 Å². The lowest BCUT2D eigenvalue weighted by Crippen LogP contribution is -1.86. The van der Waals surface area contributed by atoms with Crippen LogP contribution < -0.4 is 5.73 Å². The predicted octanol–water partition coefficient (Wildman–Crippen LogP) is 3.96. The maximum atomic E-state index is 6.01. The van der Waals surface area contributed by atoms with E-state index in [2.05, 4.69) is 6.07 Å². The minimum Gasteiger partial charge on any atom is -0.398 e. The van der Waals surface area contributed by atoms with Crippen molar-refractivity contribution in [3.63, 3.8) is 0 Å². The Labute approximate surface area is 92.1 Å². The van der Waals surface area contributed by atoms with Crippen LogP contribution in [0.25, 0.3) is 10.4 Å². The molecule has 0 saturated heterocycles. The van der Waals surface area contributed by atoms with Crippen molar-refractivity contribution in [2.75, 3.05) is 5.73 Å². The number of rotatable bonds is 1.